The summed E-state index contributed by atoms with van der Waals surface area (Å²) >= 11 is 0. The Morgan fingerprint density at radius 1 is 1.42 bits per heavy atom. The van der Waals surface area contributed by atoms with Gasteiger partial charge in [-0.05, 0) is 6.42 Å². The fourth-order valence-corrected chi connectivity index (χ4v) is 0.697. The zero-order valence-electron chi connectivity index (χ0n) is 7.11. The normalized spacial score (nSPS) is 12.5. The molecule has 0 aliphatic carbocycles. The van der Waals surface area contributed by atoms with Gasteiger partial charge < -0.3 is 19.7 Å². The lowest BCUT2D eigenvalue weighted by molar-refractivity contribution is -0.112. The molecule has 2 N–H and O–H groups in total. The van der Waals surface area contributed by atoms with E-state index in [9.17, 15) is 0 Å². The van der Waals surface area contributed by atoms with E-state index >= 15 is 0 Å². The number of rotatable bonds is 8. The van der Waals surface area contributed by atoms with Crippen LogP contribution in [-0.2, 0) is 9.47 Å². The quantitative estimate of drug-likeness (QED) is 0.316. The standard InChI is InChI=1S/C8H16O4/c1-2-11-6-3-4-8(10)12-7-5-9/h2,8-10H,1,3-7H2. The van der Waals surface area contributed by atoms with Crippen molar-refractivity contribution in [1.29, 1.82) is 0 Å². The summed E-state index contributed by atoms with van der Waals surface area (Å²) < 4.78 is 9.63. The van der Waals surface area contributed by atoms with Gasteiger partial charge in [-0.3, -0.25) is 0 Å². The predicted octanol–water partition coefficient (Wildman–Crippen LogP) is 0.254. The lowest BCUT2D eigenvalue weighted by atomic mass is 10.3. The van der Waals surface area contributed by atoms with Crippen molar-refractivity contribution >= 4 is 0 Å². The molecule has 4 heteroatoms. The fraction of sp³-hybridized carbons (Fsp3) is 0.750. The minimum atomic E-state index is -0.800. The van der Waals surface area contributed by atoms with Crippen LogP contribution >= 0.6 is 0 Å². The van der Waals surface area contributed by atoms with Gasteiger partial charge >= 0.3 is 0 Å². The van der Waals surface area contributed by atoms with Gasteiger partial charge in [0.2, 0.25) is 0 Å². The molecule has 1 unspecified atom stereocenters. The second-order valence-corrected chi connectivity index (χ2v) is 2.23. The van der Waals surface area contributed by atoms with Crippen LogP contribution in [0.15, 0.2) is 12.8 Å². The highest BCUT2D eigenvalue weighted by atomic mass is 16.6. The smallest absolute Gasteiger partial charge is 0.154 e. The third-order valence-electron chi connectivity index (χ3n) is 1.23. The first-order valence-electron chi connectivity index (χ1n) is 3.94. The summed E-state index contributed by atoms with van der Waals surface area (Å²) in [6.45, 7) is 4.01. The molecule has 0 aliphatic heterocycles. The molecule has 72 valence electrons. The number of aliphatic hydroxyl groups excluding tert-OH is 2. The highest BCUT2D eigenvalue weighted by Gasteiger charge is 2.02. The first-order valence-corrected chi connectivity index (χ1v) is 3.94. The molecule has 0 spiro atoms. The molecule has 0 amide bonds. The van der Waals surface area contributed by atoms with Crippen LogP contribution in [-0.4, -0.2) is 36.3 Å². The second-order valence-electron chi connectivity index (χ2n) is 2.23. The van der Waals surface area contributed by atoms with Crippen LogP contribution in [0.5, 0.6) is 0 Å². The molecule has 0 aromatic rings. The van der Waals surface area contributed by atoms with E-state index in [0.717, 1.165) is 0 Å². The Hall–Kier alpha value is -0.580. The zero-order valence-corrected chi connectivity index (χ0v) is 7.11. The number of aliphatic hydroxyl groups is 2. The molecule has 0 saturated carbocycles. The van der Waals surface area contributed by atoms with Crippen molar-refractivity contribution in [2.45, 2.75) is 19.1 Å². The molecule has 1 atom stereocenters. The zero-order chi connectivity index (χ0) is 9.23. The number of hydrogen-bond acceptors (Lipinski definition) is 4. The first-order chi connectivity index (χ1) is 5.81. The van der Waals surface area contributed by atoms with E-state index in [1.54, 1.807) is 0 Å². The van der Waals surface area contributed by atoms with Gasteiger partial charge in [0.15, 0.2) is 6.29 Å². The first kappa shape index (κ1) is 11.4. The van der Waals surface area contributed by atoms with E-state index < -0.39 is 6.29 Å². The van der Waals surface area contributed by atoms with Crippen molar-refractivity contribution < 1.29 is 19.7 Å². The maximum atomic E-state index is 9.06. The Morgan fingerprint density at radius 2 is 2.17 bits per heavy atom. The van der Waals surface area contributed by atoms with Gasteiger partial charge in [0.25, 0.3) is 0 Å². The van der Waals surface area contributed by atoms with Crippen molar-refractivity contribution in [3.05, 3.63) is 12.8 Å². The Bertz CT molecular complexity index is 105. The van der Waals surface area contributed by atoms with Crippen LogP contribution in [0.3, 0.4) is 0 Å². The fourth-order valence-electron chi connectivity index (χ4n) is 0.697. The highest BCUT2D eigenvalue weighted by Crippen LogP contribution is 1.98. The maximum absolute atomic E-state index is 9.06. The molecule has 0 rings (SSSR count). The summed E-state index contributed by atoms with van der Waals surface area (Å²) in [5.41, 5.74) is 0. The van der Waals surface area contributed by atoms with Crippen LogP contribution in [0, 0.1) is 0 Å². The van der Waals surface area contributed by atoms with E-state index in [1.165, 1.54) is 6.26 Å². The molecule has 0 aromatic carbocycles. The van der Waals surface area contributed by atoms with Gasteiger partial charge in [0.05, 0.1) is 26.1 Å². The molecule has 0 saturated heterocycles. The van der Waals surface area contributed by atoms with Crippen LogP contribution in [0.25, 0.3) is 0 Å². The Kier molecular flexibility index (Phi) is 8.10. The van der Waals surface area contributed by atoms with E-state index in [-0.39, 0.29) is 13.2 Å². The molecule has 0 aliphatic rings. The Labute approximate surface area is 72.4 Å². The molecular formula is C8H16O4. The molecule has 0 bridgehead atoms. The van der Waals surface area contributed by atoms with E-state index in [4.69, 9.17) is 19.7 Å². The summed E-state index contributed by atoms with van der Waals surface area (Å²) in [7, 11) is 0. The molecule has 4 nitrogen and oxygen atoms in total. The van der Waals surface area contributed by atoms with Crippen LogP contribution < -0.4 is 0 Å². The molecule has 0 fully saturated rings. The van der Waals surface area contributed by atoms with Gasteiger partial charge in [0.1, 0.15) is 0 Å². The summed E-state index contributed by atoms with van der Waals surface area (Å²) in [6.07, 6.45) is 1.78. The third-order valence-corrected chi connectivity index (χ3v) is 1.23. The van der Waals surface area contributed by atoms with Gasteiger partial charge in [-0.1, -0.05) is 6.58 Å². The van der Waals surface area contributed by atoms with E-state index in [0.29, 0.717) is 19.4 Å². The largest absolute Gasteiger partial charge is 0.502 e. The molecule has 12 heavy (non-hydrogen) atoms. The lowest BCUT2D eigenvalue weighted by Gasteiger charge is -2.10. The molecule has 0 radical (unpaired) electrons. The van der Waals surface area contributed by atoms with Gasteiger partial charge in [-0.15, -0.1) is 0 Å². The van der Waals surface area contributed by atoms with Gasteiger partial charge in [-0.25, -0.2) is 0 Å². The Morgan fingerprint density at radius 3 is 2.75 bits per heavy atom. The molecule has 0 aromatic heterocycles. The van der Waals surface area contributed by atoms with Crippen molar-refractivity contribution in [1.82, 2.24) is 0 Å². The Balaban J connectivity index is 3.07. The van der Waals surface area contributed by atoms with Crippen LogP contribution in [0.2, 0.25) is 0 Å². The van der Waals surface area contributed by atoms with Crippen molar-refractivity contribution in [2.75, 3.05) is 19.8 Å². The number of hydrogen-bond donors (Lipinski definition) is 2. The maximum Gasteiger partial charge on any atom is 0.154 e. The summed E-state index contributed by atoms with van der Waals surface area (Å²) in [5, 5.41) is 17.4. The minimum Gasteiger partial charge on any atom is -0.502 e. The SMILES string of the molecule is C=COCCCC(O)OCCO. The predicted molar refractivity (Wildman–Crippen MR) is 44.4 cm³/mol. The lowest BCUT2D eigenvalue weighted by Crippen LogP contribution is -2.14. The second kappa shape index (κ2) is 8.52. The van der Waals surface area contributed by atoms with Gasteiger partial charge in [0, 0.05) is 6.42 Å². The van der Waals surface area contributed by atoms with Crippen molar-refractivity contribution in [3.63, 3.8) is 0 Å². The monoisotopic (exact) mass is 176 g/mol. The minimum absolute atomic E-state index is 0.0692. The summed E-state index contributed by atoms with van der Waals surface area (Å²) in [4.78, 5) is 0. The molecule has 0 heterocycles. The van der Waals surface area contributed by atoms with Crippen LogP contribution in [0.1, 0.15) is 12.8 Å². The highest BCUT2D eigenvalue weighted by molar-refractivity contribution is 4.50. The summed E-state index contributed by atoms with van der Waals surface area (Å²) in [5.74, 6) is 0. The molecular weight excluding hydrogens is 160 g/mol. The number of ether oxygens (including phenoxy) is 2. The average Bonchev–Trinajstić information content (AvgIpc) is 2.09. The van der Waals surface area contributed by atoms with Gasteiger partial charge in [-0.2, -0.15) is 0 Å². The van der Waals surface area contributed by atoms with E-state index in [2.05, 4.69) is 6.58 Å². The average molecular weight is 176 g/mol. The van der Waals surface area contributed by atoms with Crippen molar-refractivity contribution in [3.8, 4) is 0 Å². The van der Waals surface area contributed by atoms with E-state index in [1.807, 2.05) is 0 Å². The topological polar surface area (TPSA) is 58.9 Å². The third kappa shape index (κ3) is 7.53. The van der Waals surface area contributed by atoms with Crippen LogP contribution in [0.4, 0.5) is 0 Å². The van der Waals surface area contributed by atoms with Crippen molar-refractivity contribution in [2.24, 2.45) is 0 Å². The summed E-state index contributed by atoms with van der Waals surface area (Å²) in [6, 6.07) is 0.